The standard InChI is InChI=1S/C13H11Cl2NO3/c14-8-1-3-11(15)10(5-8)12-4-2-9(19-12)6-16-7-13(17)18/h1-5,16H,6-7H2,(H,17,18). The topological polar surface area (TPSA) is 62.5 Å². The molecule has 0 atom stereocenters. The van der Waals surface area contributed by atoms with Gasteiger partial charge in [0.1, 0.15) is 11.5 Å². The molecule has 1 aromatic carbocycles. The van der Waals surface area contributed by atoms with Gasteiger partial charge in [0.15, 0.2) is 0 Å². The van der Waals surface area contributed by atoms with Crippen LogP contribution in [-0.4, -0.2) is 17.6 Å². The highest BCUT2D eigenvalue weighted by Crippen LogP contribution is 2.31. The van der Waals surface area contributed by atoms with Crippen LogP contribution in [0.1, 0.15) is 5.76 Å². The Kier molecular flexibility index (Phi) is 4.47. The molecule has 6 heteroatoms. The Morgan fingerprint density at radius 1 is 1.26 bits per heavy atom. The molecule has 0 radical (unpaired) electrons. The fraction of sp³-hybridized carbons (Fsp3) is 0.154. The third-order valence-corrected chi connectivity index (χ3v) is 3.00. The van der Waals surface area contributed by atoms with Gasteiger partial charge >= 0.3 is 5.97 Å². The zero-order valence-corrected chi connectivity index (χ0v) is 11.3. The lowest BCUT2D eigenvalue weighted by atomic mass is 10.2. The number of carboxylic acids is 1. The van der Waals surface area contributed by atoms with Crippen molar-refractivity contribution in [3.05, 3.63) is 46.1 Å². The molecule has 0 aliphatic heterocycles. The quantitative estimate of drug-likeness (QED) is 0.888. The molecule has 0 aliphatic rings. The van der Waals surface area contributed by atoms with Crippen molar-refractivity contribution in [3.63, 3.8) is 0 Å². The van der Waals surface area contributed by atoms with Gasteiger partial charge < -0.3 is 9.52 Å². The van der Waals surface area contributed by atoms with Crippen molar-refractivity contribution in [1.82, 2.24) is 5.32 Å². The van der Waals surface area contributed by atoms with Crippen LogP contribution in [-0.2, 0) is 11.3 Å². The Hall–Kier alpha value is -1.49. The van der Waals surface area contributed by atoms with Gasteiger partial charge in [-0.25, -0.2) is 0 Å². The maximum atomic E-state index is 10.4. The Morgan fingerprint density at radius 2 is 2.05 bits per heavy atom. The monoisotopic (exact) mass is 299 g/mol. The molecule has 0 spiro atoms. The zero-order chi connectivity index (χ0) is 13.8. The van der Waals surface area contributed by atoms with Gasteiger partial charge in [-0.2, -0.15) is 0 Å². The van der Waals surface area contributed by atoms with Crippen LogP contribution < -0.4 is 5.32 Å². The largest absolute Gasteiger partial charge is 0.480 e. The molecule has 0 amide bonds. The molecule has 19 heavy (non-hydrogen) atoms. The van der Waals surface area contributed by atoms with Gasteiger partial charge in [-0.15, -0.1) is 0 Å². The molecule has 0 saturated heterocycles. The Bertz CT molecular complexity index is 595. The summed E-state index contributed by atoms with van der Waals surface area (Å²) in [6.45, 7) is 0.221. The molecule has 0 unspecified atom stereocenters. The summed E-state index contributed by atoms with van der Waals surface area (Å²) < 4.78 is 5.59. The molecule has 4 nitrogen and oxygen atoms in total. The number of halogens is 2. The van der Waals surface area contributed by atoms with Crippen LogP contribution in [0.4, 0.5) is 0 Å². The molecular formula is C13H11Cl2NO3. The van der Waals surface area contributed by atoms with Gasteiger partial charge in [-0.1, -0.05) is 23.2 Å². The van der Waals surface area contributed by atoms with Crippen molar-refractivity contribution in [1.29, 1.82) is 0 Å². The predicted molar refractivity (Wildman–Crippen MR) is 73.5 cm³/mol. The summed E-state index contributed by atoms with van der Waals surface area (Å²) in [6.07, 6.45) is 0. The van der Waals surface area contributed by atoms with Crippen molar-refractivity contribution in [2.45, 2.75) is 6.54 Å². The number of furan rings is 1. The number of carbonyl (C=O) groups is 1. The first-order valence-corrected chi connectivity index (χ1v) is 6.28. The lowest BCUT2D eigenvalue weighted by molar-refractivity contribution is -0.136. The SMILES string of the molecule is O=C(O)CNCc1ccc(-c2cc(Cl)ccc2Cl)o1. The molecule has 2 aromatic rings. The summed E-state index contributed by atoms with van der Waals surface area (Å²) in [5, 5.41) is 12.4. The molecule has 1 heterocycles. The van der Waals surface area contributed by atoms with E-state index >= 15 is 0 Å². The smallest absolute Gasteiger partial charge is 0.317 e. The van der Waals surface area contributed by atoms with Gasteiger partial charge in [0.25, 0.3) is 0 Å². The first kappa shape index (κ1) is 13.9. The first-order chi connectivity index (χ1) is 9.06. The van der Waals surface area contributed by atoms with Crippen LogP contribution in [0.3, 0.4) is 0 Å². The van der Waals surface area contributed by atoms with Crippen LogP contribution in [0.2, 0.25) is 10.0 Å². The average molecular weight is 300 g/mol. The normalized spacial score (nSPS) is 10.6. The Balaban J connectivity index is 2.12. The second kappa shape index (κ2) is 6.10. The molecule has 2 rings (SSSR count). The van der Waals surface area contributed by atoms with Crippen LogP contribution in [0.15, 0.2) is 34.7 Å². The molecule has 2 N–H and O–H groups in total. The molecular weight excluding hydrogens is 289 g/mol. The molecule has 1 aromatic heterocycles. The minimum Gasteiger partial charge on any atom is -0.480 e. The third-order valence-electron chi connectivity index (χ3n) is 2.43. The predicted octanol–water partition coefficient (Wildman–Crippen LogP) is 3.43. The number of hydrogen-bond donors (Lipinski definition) is 2. The maximum Gasteiger partial charge on any atom is 0.317 e. The van der Waals surface area contributed by atoms with Gasteiger partial charge in [-0.05, 0) is 30.3 Å². The van der Waals surface area contributed by atoms with Gasteiger partial charge in [0.05, 0.1) is 18.1 Å². The number of benzene rings is 1. The van der Waals surface area contributed by atoms with E-state index in [0.717, 1.165) is 0 Å². The summed E-state index contributed by atoms with van der Waals surface area (Å²) in [5.74, 6) is 0.316. The van der Waals surface area contributed by atoms with E-state index in [1.54, 1.807) is 30.3 Å². The number of carboxylic acid groups (broad SMARTS) is 1. The van der Waals surface area contributed by atoms with E-state index in [4.69, 9.17) is 32.7 Å². The Morgan fingerprint density at radius 3 is 2.79 bits per heavy atom. The summed E-state index contributed by atoms with van der Waals surface area (Å²) in [4.78, 5) is 10.4. The number of rotatable bonds is 5. The van der Waals surface area contributed by atoms with Gasteiger partial charge in [0.2, 0.25) is 0 Å². The van der Waals surface area contributed by atoms with E-state index in [9.17, 15) is 4.79 Å². The summed E-state index contributed by atoms with van der Waals surface area (Å²) in [6, 6.07) is 8.66. The van der Waals surface area contributed by atoms with E-state index in [1.807, 2.05) is 0 Å². The summed E-state index contributed by atoms with van der Waals surface area (Å²) >= 11 is 12.0. The minimum absolute atomic E-state index is 0.117. The van der Waals surface area contributed by atoms with Crippen molar-refractivity contribution in [2.24, 2.45) is 0 Å². The second-order valence-corrected chi connectivity index (χ2v) is 4.73. The number of hydrogen-bond acceptors (Lipinski definition) is 3. The highest BCUT2D eigenvalue weighted by atomic mass is 35.5. The van der Waals surface area contributed by atoms with Crippen molar-refractivity contribution in [2.75, 3.05) is 6.54 Å². The van der Waals surface area contributed by atoms with Crippen molar-refractivity contribution >= 4 is 29.2 Å². The minimum atomic E-state index is -0.912. The first-order valence-electron chi connectivity index (χ1n) is 5.53. The van der Waals surface area contributed by atoms with E-state index in [2.05, 4.69) is 5.32 Å². The van der Waals surface area contributed by atoms with Gasteiger partial charge in [0, 0.05) is 10.6 Å². The molecule has 100 valence electrons. The maximum absolute atomic E-state index is 10.4. The second-order valence-electron chi connectivity index (χ2n) is 3.89. The zero-order valence-electron chi connectivity index (χ0n) is 9.82. The average Bonchev–Trinajstić information content (AvgIpc) is 2.80. The highest BCUT2D eigenvalue weighted by molar-refractivity contribution is 6.35. The molecule has 0 fully saturated rings. The molecule has 0 aliphatic carbocycles. The van der Waals surface area contributed by atoms with Crippen LogP contribution in [0.25, 0.3) is 11.3 Å². The Labute approximate surface area is 119 Å². The number of nitrogens with one attached hydrogen (secondary N) is 1. The van der Waals surface area contributed by atoms with Gasteiger partial charge in [-0.3, -0.25) is 10.1 Å². The van der Waals surface area contributed by atoms with E-state index in [1.165, 1.54) is 0 Å². The highest BCUT2D eigenvalue weighted by Gasteiger charge is 2.09. The fourth-order valence-electron chi connectivity index (χ4n) is 1.60. The molecule has 0 bridgehead atoms. The summed E-state index contributed by atoms with van der Waals surface area (Å²) in [7, 11) is 0. The van der Waals surface area contributed by atoms with Crippen LogP contribution in [0.5, 0.6) is 0 Å². The van der Waals surface area contributed by atoms with E-state index < -0.39 is 5.97 Å². The van der Waals surface area contributed by atoms with E-state index in [-0.39, 0.29) is 6.54 Å². The van der Waals surface area contributed by atoms with Crippen molar-refractivity contribution in [3.8, 4) is 11.3 Å². The molecule has 0 saturated carbocycles. The summed E-state index contributed by atoms with van der Waals surface area (Å²) in [5.41, 5.74) is 0.707. The fourth-order valence-corrected chi connectivity index (χ4v) is 1.98. The third kappa shape index (κ3) is 3.73. The van der Waals surface area contributed by atoms with Crippen LogP contribution >= 0.6 is 23.2 Å². The lowest BCUT2D eigenvalue weighted by Gasteiger charge is -2.02. The van der Waals surface area contributed by atoms with E-state index in [0.29, 0.717) is 33.7 Å². The van der Waals surface area contributed by atoms with Crippen molar-refractivity contribution < 1.29 is 14.3 Å². The van der Waals surface area contributed by atoms with Crippen LogP contribution in [0, 0.1) is 0 Å². The lowest BCUT2D eigenvalue weighted by Crippen LogP contribution is -2.21. The number of aliphatic carboxylic acids is 1.